The van der Waals surface area contributed by atoms with Gasteiger partial charge in [0.25, 0.3) is 0 Å². The van der Waals surface area contributed by atoms with Crippen LogP contribution in [0.2, 0.25) is 0 Å². The maximum atomic E-state index is 5.79. The van der Waals surface area contributed by atoms with Gasteiger partial charge >= 0.3 is 0 Å². The molecule has 54 valence electrons. The number of rotatable bonds is 0. The Hall–Kier alpha value is -0.410. The molecule has 0 aliphatic heterocycles. The lowest BCUT2D eigenvalue weighted by atomic mass is 9.99. The van der Waals surface area contributed by atoms with Gasteiger partial charge in [-0.05, 0) is 19.3 Å². The van der Waals surface area contributed by atoms with E-state index in [1.807, 2.05) is 5.51 Å². The number of nitrogens with two attached hydrogens (primary N) is 1. The molecule has 1 aromatic heterocycles. The van der Waals surface area contributed by atoms with Crippen molar-refractivity contribution in [2.24, 2.45) is 5.73 Å². The van der Waals surface area contributed by atoms with Gasteiger partial charge < -0.3 is 5.73 Å². The van der Waals surface area contributed by atoms with Gasteiger partial charge in [-0.1, -0.05) is 0 Å². The van der Waals surface area contributed by atoms with Crippen LogP contribution in [0.25, 0.3) is 0 Å². The summed E-state index contributed by atoms with van der Waals surface area (Å²) in [4.78, 5) is 5.66. The molecule has 3 heteroatoms. The van der Waals surface area contributed by atoms with Crippen LogP contribution in [0.3, 0.4) is 0 Å². The fourth-order valence-electron chi connectivity index (χ4n) is 1.33. The average Bonchev–Trinajstić information content (AvgIpc) is 2.33. The Morgan fingerprint density at radius 3 is 3.50 bits per heavy atom. The molecular formula is C7H10N2S. The first-order chi connectivity index (χ1) is 4.86. The second-order valence-corrected chi connectivity index (χ2v) is 3.66. The van der Waals surface area contributed by atoms with Crippen LogP contribution >= 0.6 is 11.3 Å². The van der Waals surface area contributed by atoms with Crippen molar-refractivity contribution in [3.8, 4) is 0 Å². The van der Waals surface area contributed by atoms with Gasteiger partial charge in [0.1, 0.15) is 0 Å². The predicted octanol–water partition coefficient (Wildman–Crippen LogP) is 0.959. The number of hydrogen-bond donors (Lipinski definition) is 1. The second-order valence-electron chi connectivity index (χ2n) is 2.73. The molecule has 0 fully saturated rings. The maximum Gasteiger partial charge on any atom is 0.0797 e. The molecule has 0 spiro atoms. The van der Waals surface area contributed by atoms with Crippen molar-refractivity contribution in [3.05, 3.63) is 16.1 Å². The molecule has 10 heavy (non-hydrogen) atoms. The van der Waals surface area contributed by atoms with E-state index >= 15 is 0 Å². The highest BCUT2D eigenvalue weighted by atomic mass is 32.1. The summed E-state index contributed by atoms with van der Waals surface area (Å²) in [6, 6.07) is 0.382. The standard InChI is InChI=1S/C7H10N2S/c8-5-1-2-6-7(3-5)10-4-9-6/h4-5H,1-3,8H2/t5-/m1/s1. The summed E-state index contributed by atoms with van der Waals surface area (Å²) in [6.07, 6.45) is 3.23. The van der Waals surface area contributed by atoms with Crippen LogP contribution in [-0.2, 0) is 12.8 Å². The van der Waals surface area contributed by atoms with E-state index < -0.39 is 0 Å². The van der Waals surface area contributed by atoms with Crippen molar-refractivity contribution in [2.75, 3.05) is 0 Å². The first-order valence-corrected chi connectivity index (χ1v) is 4.41. The third kappa shape index (κ3) is 0.954. The summed E-state index contributed by atoms with van der Waals surface area (Å²) in [7, 11) is 0. The topological polar surface area (TPSA) is 38.9 Å². The zero-order valence-electron chi connectivity index (χ0n) is 5.71. The van der Waals surface area contributed by atoms with Gasteiger partial charge in [0.05, 0.1) is 11.2 Å². The first-order valence-electron chi connectivity index (χ1n) is 3.53. The molecule has 1 atom stereocenters. The SMILES string of the molecule is N[C@@H]1CCc2ncsc2C1. The summed E-state index contributed by atoms with van der Waals surface area (Å²) in [5, 5.41) is 0. The van der Waals surface area contributed by atoms with Gasteiger partial charge in [0.2, 0.25) is 0 Å². The molecule has 0 amide bonds. The second kappa shape index (κ2) is 2.32. The van der Waals surface area contributed by atoms with Crippen molar-refractivity contribution in [2.45, 2.75) is 25.3 Å². The van der Waals surface area contributed by atoms with Crippen molar-refractivity contribution >= 4 is 11.3 Å². The lowest BCUT2D eigenvalue weighted by Crippen LogP contribution is -2.26. The molecule has 1 aliphatic rings. The average molecular weight is 154 g/mol. The summed E-state index contributed by atoms with van der Waals surface area (Å²) in [5.74, 6) is 0. The molecule has 2 nitrogen and oxygen atoms in total. The van der Waals surface area contributed by atoms with Gasteiger partial charge in [-0.15, -0.1) is 11.3 Å². The highest BCUT2D eigenvalue weighted by Crippen LogP contribution is 2.22. The van der Waals surface area contributed by atoms with E-state index in [1.54, 1.807) is 11.3 Å². The molecule has 1 heterocycles. The van der Waals surface area contributed by atoms with Gasteiger partial charge in [-0.25, -0.2) is 4.98 Å². The van der Waals surface area contributed by atoms with Gasteiger partial charge in [-0.3, -0.25) is 0 Å². The number of hydrogen-bond acceptors (Lipinski definition) is 3. The predicted molar refractivity (Wildman–Crippen MR) is 42.1 cm³/mol. The normalized spacial score (nSPS) is 24.3. The Morgan fingerprint density at radius 2 is 2.60 bits per heavy atom. The molecule has 0 radical (unpaired) electrons. The fourth-order valence-corrected chi connectivity index (χ4v) is 2.23. The minimum absolute atomic E-state index is 0.382. The third-order valence-electron chi connectivity index (χ3n) is 1.92. The van der Waals surface area contributed by atoms with E-state index in [9.17, 15) is 0 Å². The van der Waals surface area contributed by atoms with Crippen molar-refractivity contribution < 1.29 is 0 Å². The Balaban J connectivity index is 2.30. The van der Waals surface area contributed by atoms with E-state index in [-0.39, 0.29) is 0 Å². The summed E-state index contributed by atoms with van der Waals surface area (Å²) >= 11 is 1.74. The van der Waals surface area contributed by atoms with Gasteiger partial charge in [0.15, 0.2) is 0 Å². The van der Waals surface area contributed by atoms with E-state index in [1.165, 1.54) is 10.6 Å². The van der Waals surface area contributed by atoms with Gasteiger partial charge in [0, 0.05) is 10.9 Å². The molecule has 1 aliphatic carbocycles. The lowest BCUT2D eigenvalue weighted by Gasteiger charge is -2.15. The van der Waals surface area contributed by atoms with Crippen LogP contribution in [0, 0.1) is 0 Å². The van der Waals surface area contributed by atoms with E-state index in [0.29, 0.717) is 6.04 Å². The van der Waals surface area contributed by atoms with E-state index in [2.05, 4.69) is 4.98 Å². The summed E-state index contributed by atoms with van der Waals surface area (Å²) in [5.41, 5.74) is 8.99. The van der Waals surface area contributed by atoms with E-state index in [0.717, 1.165) is 19.3 Å². The Morgan fingerprint density at radius 1 is 1.70 bits per heavy atom. The molecular weight excluding hydrogens is 144 g/mol. The largest absolute Gasteiger partial charge is 0.327 e. The molecule has 0 bridgehead atoms. The van der Waals surface area contributed by atoms with Crippen LogP contribution in [-0.4, -0.2) is 11.0 Å². The molecule has 1 aromatic rings. The van der Waals surface area contributed by atoms with Crippen LogP contribution in [0.5, 0.6) is 0 Å². The monoisotopic (exact) mass is 154 g/mol. The highest BCUT2D eigenvalue weighted by Gasteiger charge is 2.16. The Bertz CT molecular complexity index is 231. The van der Waals surface area contributed by atoms with Gasteiger partial charge in [-0.2, -0.15) is 0 Å². The highest BCUT2D eigenvalue weighted by molar-refractivity contribution is 7.09. The molecule has 2 rings (SSSR count). The van der Waals surface area contributed by atoms with Crippen LogP contribution in [0.15, 0.2) is 5.51 Å². The smallest absolute Gasteiger partial charge is 0.0797 e. The van der Waals surface area contributed by atoms with Crippen LogP contribution in [0.4, 0.5) is 0 Å². The molecule has 0 saturated carbocycles. The molecule has 2 N–H and O–H groups in total. The zero-order valence-corrected chi connectivity index (χ0v) is 6.53. The molecule has 0 aromatic carbocycles. The lowest BCUT2D eigenvalue weighted by molar-refractivity contribution is 0.576. The maximum absolute atomic E-state index is 5.79. The fraction of sp³-hybridized carbons (Fsp3) is 0.571. The first kappa shape index (κ1) is 6.31. The van der Waals surface area contributed by atoms with Crippen molar-refractivity contribution in [3.63, 3.8) is 0 Å². The Kier molecular flexibility index (Phi) is 1.47. The third-order valence-corrected chi connectivity index (χ3v) is 2.82. The number of nitrogens with zero attached hydrogens (tertiary/aromatic N) is 1. The zero-order chi connectivity index (χ0) is 6.97. The van der Waals surface area contributed by atoms with Crippen LogP contribution < -0.4 is 5.73 Å². The van der Waals surface area contributed by atoms with E-state index in [4.69, 9.17) is 5.73 Å². The number of aryl methyl sites for hydroxylation is 1. The van der Waals surface area contributed by atoms with Crippen LogP contribution in [0.1, 0.15) is 17.0 Å². The minimum atomic E-state index is 0.382. The Labute approximate surface area is 64.1 Å². The summed E-state index contributed by atoms with van der Waals surface area (Å²) in [6.45, 7) is 0. The van der Waals surface area contributed by atoms with Crippen molar-refractivity contribution in [1.82, 2.24) is 4.98 Å². The number of fused-ring (bicyclic) bond motifs is 1. The number of aromatic nitrogens is 1. The minimum Gasteiger partial charge on any atom is -0.327 e. The molecule has 0 unspecified atom stereocenters. The summed E-state index contributed by atoms with van der Waals surface area (Å²) < 4.78 is 0. The number of thiazole rings is 1. The molecule has 0 saturated heterocycles. The van der Waals surface area contributed by atoms with Crippen molar-refractivity contribution in [1.29, 1.82) is 0 Å². The quantitative estimate of drug-likeness (QED) is 0.604.